The molecule has 1 aromatic heterocycles. The number of hydrogen-bond donors (Lipinski definition) is 2. The van der Waals surface area contributed by atoms with Gasteiger partial charge in [0.1, 0.15) is 18.0 Å². The van der Waals surface area contributed by atoms with Crippen molar-refractivity contribution in [1.29, 1.82) is 0 Å². The van der Waals surface area contributed by atoms with Gasteiger partial charge in [0.2, 0.25) is 5.91 Å². The van der Waals surface area contributed by atoms with Crippen LogP contribution in [0, 0.1) is 6.92 Å². The van der Waals surface area contributed by atoms with E-state index < -0.39 is 17.8 Å². The molecule has 8 nitrogen and oxygen atoms in total. The topological polar surface area (TPSA) is 92.7 Å². The van der Waals surface area contributed by atoms with Gasteiger partial charge in [-0.2, -0.15) is 0 Å². The Morgan fingerprint density at radius 2 is 1.88 bits per heavy atom. The normalized spacial score (nSPS) is 14.6. The molecule has 8 heteroatoms. The molecule has 3 aromatic rings. The fraction of sp³-hybridized carbons (Fsp3) is 0.125. The highest BCUT2D eigenvalue weighted by Gasteiger charge is 2.35. The zero-order valence-corrected chi connectivity index (χ0v) is 17.7. The molecule has 2 heterocycles. The van der Waals surface area contributed by atoms with Crippen LogP contribution >= 0.6 is 0 Å². The summed E-state index contributed by atoms with van der Waals surface area (Å²) in [6.07, 6.45) is 3.44. The molecule has 1 fully saturated rings. The minimum atomic E-state index is -0.636. The molecular weight excluding hydrogens is 408 g/mol. The lowest BCUT2D eigenvalue weighted by atomic mass is 10.2. The van der Waals surface area contributed by atoms with E-state index in [1.807, 2.05) is 72.3 Å². The van der Waals surface area contributed by atoms with Crippen molar-refractivity contribution in [3.63, 3.8) is 0 Å². The highest BCUT2D eigenvalue weighted by molar-refractivity contribution is 6.15. The number of nitrogens with zero attached hydrogens (tertiary/aromatic N) is 2. The van der Waals surface area contributed by atoms with Gasteiger partial charge in [0, 0.05) is 23.3 Å². The van der Waals surface area contributed by atoms with Gasteiger partial charge in [0.25, 0.3) is 5.91 Å². The Morgan fingerprint density at radius 3 is 2.59 bits per heavy atom. The molecule has 2 N–H and O–H groups in total. The zero-order chi connectivity index (χ0) is 22.7. The standard InChI is InChI=1S/C24H22N4O4/c1-16-5-3-6-17(13-16)25-22(29)15-28-23(30)21(26-24(28)31)14-19-7-4-12-27(19)18-8-10-20(32-2)11-9-18/h3-14H,15H2,1-2H3,(H,25,29)(H,26,31). The molecular formula is C24H22N4O4. The van der Waals surface area contributed by atoms with Crippen molar-refractivity contribution in [3.05, 3.63) is 83.8 Å². The Labute approximate surface area is 185 Å². The number of amides is 4. The van der Waals surface area contributed by atoms with E-state index in [-0.39, 0.29) is 12.2 Å². The highest BCUT2D eigenvalue weighted by atomic mass is 16.5. The minimum Gasteiger partial charge on any atom is -0.497 e. The Kier molecular flexibility index (Phi) is 5.76. The third-order valence-electron chi connectivity index (χ3n) is 4.99. The number of hydrogen-bond acceptors (Lipinski definition) is 4. The van der Waals surface area contributed by atoms with Crippen LogP contribution in [0.1, 0.15) is 11.3 Å². The summed E-state index contributed by atoms with van der Waals surface area (Å²) < 4.78 is 7.06. The van der Waals surface area contributed by atoms with Gasteiger partial charge in [-0.3, -0.25) is 9.59 Å². The second-order valence-electron chi connectivity index (χ2n) is 7.30. The first-order chi connectivity index (χ1) is 15.4. The van der Waals surface area contributed by atoms with E-state index in [4.69, 9.17) is 4.74 Å². The summed E-state index contributed by atoms with van der Waals surface area (Å²) in [4.78, 5) is 38.4. The average molecular weight is 430 g/mol. The van der Waals surface area contributed by atoms with Crippen LogP contribution in [0.25, 0.3) is 11.8 Å². The average Bonchev–Trinajstić information content (AvgIpc) is 3.34. The van der Waals surface area contributed by atoms with Crippen molar-refractivity contribution >= 4 is 29.6 Å². The summed E-state index contributed by atoms with van der Waals surface area (Å²) in [6, 6.07) is 17.8. The number of aryl methyl sites for hydroxylation is 1. The lowest BCUT2D eigenvalue weighted by Crippen LogP contribution is -2.38. The summed E-state index contributed by atoms with van der Waals surface area (Å²) in [7, 11) is 1.60. The van der Waals surface area contributed by atoms with Gasteiger partial charge >= 0.3 is 6.03 Å². The van der Waals surface area contributed by atoms with Crippen molar-refractivity contribution < 1.29 is 19.1 Å². The molecule has 0 atom stereocenters. The third kappa shape index (κ3) is 4.39. The van der Waals surface area contributed by atoms with Crippen LogP contribution in [-0.2, 0) is 9.59 Å². The number of aromatic nitrogens is 1. The number of rotatable bonds is 6. The fourth-order valence-electron chi connectivity index (χ4n) is 3.42. The summed E-state index contributed by atoms with van der Waals surface area (Å²) in [5.41, 5.74) is 3.27. The molecule has 0 saturated carbocycles. The number of nitrogens with one attached hydrogen (secondary N) is 2. The molecule has 0 aliphatic carbocycles. The Morgan fingerprint density at radius 1 is 1.09 bits per heavy atom. The van der Waals surface area contributed by atoms with Gasteiger partial charge in [0.05, 0.1) is 7.11 Å². The predicted octanol–water partition coefficient (Wildman–Crippen LogP) is 3.33. The van der Waals surface area contributed by atoms with Gasteiger partial charge in [-0.15, -0.1) is 0 Å². The summed E-state index contributed by atoms with van der Waals surface area (Å²) in [5.74, 6) is -0.280. The van der Waals surface area contributed by atoms with E-state index in [0.29, 0.717) is 11.4 Å². The minimum absolute atomic E-state index is 0.104. The maximum Gasteiger partial charge on any atom is 0.329 e. The molecule has 1 saturated heterocycles. The van der Waals surface area contributed by atoms with E-state index in [1.165, 1.54) is 0 Å². The second kappa shape index (κ2) is 8.81. The van der Waals surface area contributed by atoms with Crippen LogP contribution in [0.15, 0.2) is 72.6 Å². The van der Waals surface area contributed by atoms with Crippen LogP contribution in [0.2, 0.25) is 0 Å². The highest BCUT2D eigenvalue weighted by Crippen LogP contribution is 2.20. The SMILES string of the molecule is COc1ccc(-n2cccc2C=C2NC(=O)N(CC(=O)Nc3cccc(C)c3)C2=O)cc1. The number of imide groups is 1. The second-order valence-corrected chi connectivity index (χ2v) is 7.30. The lowest BCUT2D eigenvalue weighted by Gasteiger charge is -2.12. The molecule has 162 valence electrons. The third-order valence-corrected chi connectivity index (χ3v) is 4.99. The molecule has 4 amide bonds. The van der Waals surface area contributed by atoms with Crippen LogP contribution in [0.5, 0.6) is 5.75 Å². The summed E-state index contributed by atoms with van der Waals surface area (Å²) >= 11 is 0. The van der Waals surface area contributed by atoms with Crippen LogP contribution in [0.4, 0.5) is 10.5 Å². The van der Waals surface area contributed by atoms with E-state index in [0.717, 1.165) is 21.9 Å². The fourth-order valence-corrected chi connectivity index (χ4v) is 3.42. The van der Waals surface area contributed by atoms with Crippen LogP contribution in [-0.4, -0.2) is 41.0 Å². The Hall–Kier alpha value is -4.33. The molecule has 0 unspecified atom stereocenters. The Balaban J connectivity index is 1.49. The predicted molar refractivity (Wildman–Crippen MR) is 120 cm³/mol. The van der Waals surface area contributed by atoms with Crippen LogP contribution < -0.4 is 15.4 Å². The smallest absolute Gasteiger partial charge is 0.329 e. The molecule has 0 radical (unpaired) electrons. The van der Waals surface area contributed by atoms with Gasteiger partial charge in [0.15, 0.2) is 0 Å². The molecule has 2 aromatic carbocycles. The van der Waals surface area contributed by atoms with Crippen molar-refractivity contribution in [2.24, 2.45) is 0 Å². The van der Waals surface area contributed by atoms with E-state index in [1.54, 1.807) is 19.3 Å². The zero-order valence-electron chi connectivity index (χ0n) is 17.7. The number of carbonyl (C=O) groups excluding carboxylic acids is 3. The molecule has 1 aliphatic heterocycles. The first-order valence-corrected chi connectivity index (χ1v) is 9.97. The maximum absolute atomic E-state index is 12.8. The number of carbonyl (C=O) groups is 3. The van der Waals surface area contributed by atoms with Gasteiger partial charge in [-0.1, -0.05) is 12.1 Å². The number of methoxy groups -OCH3 is 1. The van der Waals surface area contributed by atoms with Gasteiger partial charge in [-0.25, -0.2) is 9.69 Å². The molecule has 0 bridgehead atoms. The van der Waals surface area contributed by atoms with Crippen molar-refractivity contribution in [3.8, 4) is 11.4 Å². The Bertz CT molecular complexity index is 1210. The van der Waals surface area contributed by atoms with Gasteiger partial charge in [-0.05, 0) is 67.1 Å². The molecule has 0 spiro atoms. The number of ether oxygens (including phenoxy) is 1. The largest absolute Gasteiger partial charge is 0.497 e. The maximum atomic E-state index is 12.8. The molecule has 32 heavy (non-hydrogen) atoms. The quantitative estimate of drug-likeness (QED) is 0.464. The monoisotopic (exact) mass is 430 g/mol. The number of anilines is 1. The first-order valence-electron chi connectivity index (χ1n) is 9.97. The van der Waals surface area contributed by atoms with E-state index in [2.05, 4.69) is 10.6 Å². The first kappa shape index (κ1) is 20.9. The number of benzene rings is 2. The summed E-state index contributed by atoms with van der Waals surface area (Å²) in [5, 5.41) is 5.26. The van der Waals surface area contributed by atoms with Crippen molar-refractivity contribution in [2.75, 3.05) is 19.0 Å². The summed E-state index contributed by atoms with van der Waals surface area (Å²) in [6.45, 7) is 1.53. The van der Waals surface area contributed by atoms with E-state index in [9.17, 15) is 14.4 Å². The van der Waals surface area contributed by atoms with Crippen molar-refractivity contribution in [2.45, 2.75) is 6.92 Å². The molecule has 1 aliphatic rings. The van der Waals surface area contributed by atoms with E-state index >= 15 is 0 Å². The van der Waals surface area contributed by atoms with Crippen molar-refractivity contribution in [1.82, 2.24) is 14.8 Å². The lowest BCUT2D eigenvalue weighted by molar-refractivity contribution is -0.127. The molecule has 4 rings (SSSR count). The van der Waals surface area contributed by atoms with Gasteiger partial charge < -0.3 is 19.9 Å². The number of urea groups is 1. The van der Waals surface area contributed by atoms with Crippen LogP contribution in [0.3, 0.4) is 0 Å².